The number of nitrogens with one attached hydrogen (secondary N) is 1. The Labute approximate surface area is 369 Å². The summed E-state index contributed by atoms with van der Waals surface area (Å²) in [4.78, 5) is 24.9. The van der Waals surface area contributed by atoms with Gasteiger partial charge in [-0.25, -0.2) is 0 Å². The summed E-state index contributed by atoms with van der Waals surface area (Å²) in [6, 6.07) is -0.853. The summed E-state index contributed by atoms with van der Waals surface area (Å²) in [7, 11) is 0. The highest BCUT2D eigenvalue weighted by molar-refractivity contribution is 5.76. The van der Waals surface area contributed by atoms with Crippen LogP contribution < -0.4 is 5.32 Å². The summed E-state index contributed by atoms with van der Waals surface area (Å²) in [6.07, 6.45) is 38.8. The van der Waals surface area contributed by atoms with E-state index in [1.54, 1.807) is 6.08 Å². The third-order valence-corrected chi connectivity index (χ3v) is 10.8. The van der Waals surface area contributed by atoms with Crippen molar-refractivity contribution in [1.82, 2.24) is 5.32 Å². The zero-order valence-corrected chi connectivity index (χ0v) is 38.1. The van der Waals surface area contributed by atoms with Gasteiger partial charge in [-0.3, -0.25) is 9.59 Å². The average molecular weight is 862 g/mol. The summed E-state index contributed by atoms with van der Waals surface area (Å²) in [6.45, 7) is 4.04. The fourth-order valence-electron chi connectivity index (χ4n) is 6.92. The van der Waals surface area contributed by atoms with E-state index in [0.29, 0.717) is 32.3 Å². The smallest absolute Gasteiger partial charge is 0.305 e. The van der Waals surface area contributed by atoms with E-state index in [9.17, 15) is 35.1 Å². The fraction of sp³-hybridized carbons (Fsp3) is 0.760. The largest absolute Gasteiger partial charge is 0.466 e. The summed E-state index contributed by atoms with van der Waals surface area (Å²) >= 11 is 0. The van der Waals surface area contributed by atoms with Gasteiger partial charge in [0, 0.05) is 12.8 Å². The second-order valence-electron chi connectivity index (χ2n) is 16.4. The molecule has 0 aromatic carbocycles. The third kappa shape index (κ3) is 31.0. The second kappa shape index (κ2) is 40.2. The Balaban J connectivity index is 2.23. The number of carbonyl (C=O) groups is 2. The molecule has 1 amide bonds. The highest BCUT2D eigenvalue weighted by Crippen LogP contribution is 2.22. The van der Waals surface area contributed by atoms with Crippen molar-refractivity contribution in [3.8, 4) is 0 Å². The lowest BCUT2D eigenvalue weighted by atomic mass is 9.99. The van der Waals surface area contributed by atoms with Crippen LogP contribution in [0.4, 0.5) is 0 Å². The Morgan fingerprint density at radius 1 is 0.607 bits per heavy atom. The standard InChI is InChI=1S/C50H87NO10/c1-3-5-7-9-11-13-17-22-26-30-34-38-46(55)59-39-35-31-27-23-19-16-15-18-21-25-29-33-37-45(54)51-42(41-60-50-49(58)48(57)47(56)44(40-52)61-50)43(53)36-32-28-24-20-14-12-10-8-6-4-2/h6,8-9,11,14,16,19-20,32,36,42-44,47-50,52-53,56-58H,3-5,7,10,12-13,15,17-18,21-31,33-35,37-41H2,1-2H3,(H,51,54)/b8-6+,11-9-,19-16-,20-14+,36-32+. The molecule has 7 unspecified atom stereocenters. The number of aliphatic hydroxyl groups excluding tert-OH is 5. The molecule has 0 radical (unpaired) electrons. The summed E-state index contributed by atoms with van der Waals surface area (Å²) in [5, 5.41) is 54.0. The van der Waals surface area contributed by atoms with E-state index < -0.39 is 49.5 Å². The molecule has 0 bridgehead atoms. The highest BCUT2D eigenvalue weighted by atomic mass is 16.7. The first kappa shape index (κ1) is 56.4. The van der Waals surface area contributed by atoms with Crippen LogP contribution in [0.1, 0.15) is 181 Å². The molecule has 0 aliphatic carbocycles. The van der Waals surface area contributed by atoms with Crippen LogP contribution in [0.5, 0.6) is 0 Å². The van der Waals surface area contributed by atoms with Gasteiger partial charge in [0.1, 0.15) is 24.4 Å². The maximum Gasteiger partial charge on any atom is 0.305 e. The quantitative estimate of drug-likeness (QED) is 0.0199. The van der Waals surface area contributed by atoms with Crippen molar-refractivity contribution in [2.24, 2.45) is 0 Å². The predicted molar refractivity (Wildman–Crippen MR) is 246 cm³/mol. The molecule has 6 N–H and O–H groups in total. The van der Waals surface area contributed by atoms with Gasteiger partial charge in [-0.2, -0.15) is 0 Å². The van der Waals surface area contributed by atoms with Crippen LogP contribution in [0.25, 0.3) is 0 Å². The van der Waals surface area contributed by atoms with Crippen molar-refractivity contribution in [2.75, 3.05) is 19.8 Å². The second-order valence-corrected chi connectivity index (χ2v) is 16.4. The Morgan fingerprint density at radius 2 is 1.11 bits per heavy atom. The fourth-order valence-corrected chi connectivity index (χ4v) is 6.92. The summed E-state index contributed by atoms with van der Waals surface area (Å²) in [5.74, 6) is -0.289. The van der Waals surface area contributed by atoms with E-state index >= 15 is 0 Å². The van der Waals surface area contributed by atoms with Crippen LogP contribution in [-0.2, 0) is 23.8 Å². The first-order valence-electron chi connectivity index (χ1n) is 24.1. The maximum absolute atomic E-state index is 12.9. The molecule has 11 heteroatoms. The highest BCUT2D eigenvalue weighted by Gasteiger charge is 2.44. The number of amides is 1. The summed E-state index contributed by atoms with van der Waals surface area (Å²) < 4.78 is 16.6. The monoisotopic (exact) mass is 862 g/mol. The van der Waals surface area contributed by atoms with Crippen LogP contribution in [0.2, 0.25) is 0 Å². The predicted octanol–water partition coefficient (Wildman–Crippen LogP) is 9.16. The Bertz CT molecular complexity index is 1200. The molecule has 11 nitrogen and oxygen atoms in total. The van der Waals surface area contributed by atoms with Gasteiger partial charge in [0.05, 0.1) is 32.0 Å². The Hall–Kier alpha value is -2.64. The third-order valence-electron chi connectivity index (χ3n) is 10.8. The topological polar surface area (TPSA) is 175 Å². The van der Waals surface area contributed by atoms with E-state index in [2.05, 4.69) is 67.8 Å². The molecule has 0 aromatic heterocycles. The molecule has 1 heterocycles. The molecular weight excluding hydrogens is 775 g/mol. The zero-order chi connectivity index (χ0) is 44.6. The lowest BCUT2D eigenvalue weighted by molar-refractivity contribution is -0.302. The van der Waals surface area contributed by atoms with Crippen LogP contribution in [0.3, 0.4) is 0 Å². The lowest BCUT2D eigenvalue weighted by Crippen LogP contribution is -2.60. The van der Waals surface area contributed by atoms with Crippen molar-refractivity contribution >= 4 is 11.9 Å². The van der Waals surface area contributed by atoms with Crippen molar-refractivity contribution < 1.29 is 49.3 Å². The van der Waals surface area contributed by atoms with Crippen LogP contribution in [0, 0.1) is 0 Å². The van der Waals surface area contributed by atoms with Crippen LogP contribution in [0.15, 0.2) is 60.8 Å². The van der Waals surface area contributed by atoms with Gasteiger partial charge in [-0.05, 0) is 103 Å². The number of carbonyl (C=O) groups excluding carboxylic acids is 2. The van der Waals surface area contributed by atoms with Gasteiger partial charge in [-0.1, -0.05) is 126 Å². The van der Waals surface area contributed by atoms with E-state index in [4.69, 9.17) is 14.2 Å². The number of unbranched alkanes of at least 4 members (excludes halogenated alkanes) is 17. The van der Waals surface area contributed by atoms with Crippen molar-refractivity contribution in [1.29, 1.82) is 0 Å². The van der Waals surface area contributed by atoms with Gasteiger partial charge in [-0.15, -0.1) is 0 Å². The normalized spacial score (nSPS) is 20.8. The molecule has 0 aromatic rings. The average Bonchev–Trinajstić information content (AvgIpc) is 3.25. The number of esters is 1. The van der Waals surface area contributed by atoms with Gasteiger partial charge >= 0.3 is 5.97 Å². The van der Waals surface area contributed by atoms with Crippen molar-refractivity contribution in [3.63, 3.8) is 0 Å². The van der Waals surface area contributed by atoms with E-state index in [0.717, 1.165) is 96.3 Å². The minimum Gasteiger partial charge on any atom is -0.466 e. The van der Waals surface area contributed by atoms with Gasteiger partial charge in [0.15, 0.2) is 6.29 Å². The molecule has 61 heavy (non-hydrogen) atoms. The minimum atomic E-state index is -1.59. The first-order valence-corrected chi connectivity index (χ1v) is 24.1. The molecule has 1 saturated heterocycles. The maximum atomic E-state index is 12.9. The van der Waals surface area contributed by atoms with Gasteiger partial charge in [0.25, 0.3) is 0 Å². The molecule has 1 rings (SSSR count). The van der Waals surface area contributed by atoms with E-state index in [-0.39, 0.29) is 18.5 Å². The molecule has 0 spiro atoms. The molecule has 352 valence electrons. The SMILES string of the molecule is CC/C=C/CC/C=C/CC/C=C/C(O)C(COC1OC(CO)C(O)C(O)C1O)NC(=O)CCCCCCC/C=C\CCCCCOC(=O)CCCCCCC/C=C\CCCC. The number of rotatable bonds is 39. The van der Waals surface area contributed by atoms with Gasteiger partial charge in [0.2, 0.25) is 5.91 Å². The number of ether oxygens (including phenoxy) is 3. The Morgan fingerprint density at radius 3 is 1.70 bits per heavy atom. The van der Waals surface area contributed by atoms with E-state index in [1.165, 1.54) is 44.9 Å². The molecule has 1 fully saturated rings. The van der Waals surface area contributed by atoms with E-state index in [1.807, 2.05) is 6.08 Å². The molecule has 1 aliphatic rings. The number of allylic oxidation sites excluding steroid dienone is 9. The molecule has 0 saturated carbocycles. The number of hydrogen-bond donors (Lipinski definition) is 6. The molecule has 1 aliphatic heterocycles. The number of hydrogen-bond acceptors (Lipinski definition) is 10. The minimum absolute atomic E-state index is 0.0616. The zero-order valence-electron chi connectivity index (χ0n) is 38.1. The molecular formula is C50H87NO10. The number of aliphatic hydroxyl groups is 5. The lowest BCUT2D eigenvalue weighted by Gasteiger charge is -2.40. The van der Waals surface area contributed by atoms with Gasteiger partial charge < -0.3 is 45.1 Å². The molecule has 7 atom stereocenters. The Kier molecular flexibility index (Phi) is 37.1. The van der Waals surface area contributed by atoms with Crippen LogP contribution >= 0.6 is 0 Å². The van der Waals surface area contributed by atoms with Crippen molar-refractivity contribution in [3.05, 3.63) is 60.8 Å². The summed E-state index contributed by atoms with van der Waals surface area (Å²) in [5.41, 5.74) is 0. The van der Waals surface area contributed by atoms with Crippen molar-refractivity contribution in [2.45, 2.75) is 224 Å². The first-order chi connectivity index (χ1) is 29.7. The van der Waals surface area contributed by atoms with Crippen LogP contribution in [-0.4, -0.2) is 100 Å².